The van der Waals surface area contributed by atoms with Crippen LogP contribution in [-0.2, 0) is 0 Å². The van der Waals surface area contributed by atoms with Crippen molar-refractivity contribution < 1.29 is 4.79 Å². The van der Waals surface area contributed by atoms with Gasteiger partial charge < -0.3 is 5.32 Å². The van der Waals surface area contributed by atoms with E-state index in [-0.39, 0.29) is 11.3 Å². The van der Waals surface area contributed by atoms with E-state index in [4.69, 9.17) is 11.6 Å². The number of nitrogens with one attached hydrogen (secondary N) is 1. The first-order valence-corrected chi connectivity index (χ1v) is 6.59. The highest BCUT2D eigenvalue weighted by Gasteiger charge is 2.10. The number of carbonyl (C=O) groups excluding carboxylic acids is 1. The number of hydrogen-bond donors (Lipinski definition) is 1. The molecular weight excluding hydrogens is 254 g/mol. The summed E-state index contributed by atoms with van der Waals surface area (Å²) in [7, 11) is 0. The smallest absolute Gasteiger partial charge is 0.261 e. The molecular formula is C13H12ClNOS. The first-order valence-electron chi connectivity index (χ1n) is 5.28. The summed E-state index contributed by atoms with van der Waals surface area (Å²) in [6.07, 6.45) is 0. The summed E-state index contributed by atoms with van der Waals surface area (Å²) >= 11 is 7.62. The van der Waals surface area contributed by atoms with Crippen LogP contribution in [0.4, 0.5) is 0 Å². The van der Waals surface area contributed by atoms with Gasteiger partial charge in [0.05, 0.1) is 10.3 Å². The molecule has 0 radical (unpaired) electrons. The number of rotatable bonds is 4. The van der Waals surface area contributed by atoms with Crippen molar-refractivity contribution in [2.45, 2.75) is 5.38 Å². The van der Waals surface area contributed by atoms with Gasteiger partial charge in [0.15, 0.2) is 0 Å². The Morgan fingerprint density at radius 1 is 1.24 bits per heavy atom. The van der Waals surface area contributed by atoms with Gasteiger partial charge in [-0.05, 0) is 17.0 Å². The first kappa shape index (κ1) is 12.1. The number of amides is 1. The van der Waals surface area contributed by atoms with Crippen molar-refractivity contribution >= 4 is 28.8 Å². The van der Waals surface area contributed by atoms with Crippen LogP contribution >= 0.6 is 22.9 Å². The zero-order chi connectivity index (χ0) is 12.1. The maximum Gasteiger partial charge on any atom is 0.261 e. The summed E-state index contributed by atoms with van der Waals surface area (Å²) < 4.78 is 0. The normalized spacial score (nSPS) is 12.1. The molecule has 17 heavy (non-hydrogen) atoms. The highest BCUT2D eigenvalue weighted by atomic mass is 35.5. The first-order chi connectivity index (χ1) is 8.27. The van der Waals surface area contributed by atoms with Gasteiger partial charge in [-0.1, -0.05) is 36.4 Å². The van der Waals surface area contributed by atoms with Gasteiger partial charge in [0.1, 0.15) is 0 Å². The highest BCUT2D eigenvalue weighted by molar-refractivity contribution is 7.12. The number of thiophene rings is 1. The Kier molecular flexibility index (Phi) is 4.18. The minimum atomic E-state index is -0.194. The van der Waals surface area contributed by atoms with E-state index in [2.05, 4.69) is 5.32 Å². The molecule has 1 atom stereocenters. The third-order valence-corrected chi connectivity index (χ3v) is 3.62. The molecule has 0 aliphatic heterocycles. The Labute approximate surface area is 109 Å². The zero-order valence-corrected chi connectivity index (χ0v) is 10.7. The average molecular weight is 266 g/mol. The van der Waals surface area contributed by atoms with Crippen molar-refractivity contribution in [3.05, 3.63) is 58.3 Å². The van der Waals surface area contributed by atoms with E-state index in [0.29, 0.717) is 11.4 Å². The lowest BCUT2D eigenvalue weighted by molar-refractivity contribution is 0.0957. The average Bonchev–Trinajstić information content (AvgIpc) is 2.90. The maximum atomic E-state index is 11.7. The van der Waals surface area contributed by atoms with Crippen molar-refractivity contribution in [2.75, 3.05) is 6.54 Å². The molecule has 2 rings (SSSR count). The second-order valence-electron chi connectivity index (χ2n) is 3.57. The number of benzene rings is 1. The van der Waals surface area contributed by atoms with Gasteiger partial charge in [0, 0.05) is 6.54 Å². The molecule has 88 valence electrons. The lowest BCUT2D eigenvalue weighted by Gasteiger charge is -2.10. The third kappa shape index (κ3) is 3.32. The second kappa shape index (κ2) is 5.84. The topological polar surface area (TPSA) is 29.1 Å². The van der Waals surface area contributed by atoms with Crippen LogP contribution in [0.2, 0.25) is 0 Å². The molecule has 1 heterocycles. The van der Waals surface area contributed by atoms with Crippen molar-refractivity contribution in [2.24, 2.45) is 0 Å². The minimum absolute atomic E-state index is 0.0680. The Morgan fingerprint density at radius 3 is 2.65 bits per heavy atom. The van der Waals surface area contributed by atoms with Crippen LogP contribution in [0.1, 0.15) is 20.6 Å². The second-order valence-corrected chi connectivity index (χ2v) is 5.04. The molecule has 0 aliphatic rings. The molecule has 0 saturated carbocycles. The number of hydrogen-bond acceptors (Lipinski definition) is 2. The van der Waals surface area contributed by atoms with Crippen LogP contribution in [0.25, 0.3) is 0 Å². The fraction of sp³-hybridized carbons (Fsp3) is 0.154. The number of alkyl halides is 1. The zero-order valence-electron chi connectivity index (χ0n) is 9.10. The fourth-order valence-electron chi connectivity index (χ4n) is 1.46. The lowest BCUT2D eigenvalue weighted by atomic mass is 10.1. The molecule has 1 aromatic carbocycles. The van der Waals surface area contributed by atoms with Crippen LogP contribution in [0.15, 0.2) is 47.8 Å². The van der Waals surface area contributed by atoms with Crippen LogP contribution in [0.5, 0.6) is 0 Å². The van der Waals surface area contributed by atoms with Crippen LogP contribution in [0, 0.1) is 0 Å². The van der Waals surface area contributed by atoms with Crippen LogP contribution in [-0.4, -0.2) is 12.5 Å². The molecule has 4 heteroatoms. The van der Waals surface area contributed by atoms with Crippen molar-refractivity contribution in [3.8, 4) is 0 Å². The van der Waals surface area contributed by atoms with Gasteiger partial charge in [-0.25, -0.2) is 0 Å². The van der Waals surface area contributed by atoms with E-state index in [9.17, 15) is 4.79 Å². The van der Waals surface area contributed by atoms with Gasteiger partial charge in [-0.15, -0.1) is 22.9 Å². The largest absolute Gasteiger partial charge is 0.350 e. The molecule has 0 aliphatic carbocycles. The minimum Gasteiger partial charge on any atom is -0.350 e. The predicted octanol–water partition coefficient (Wildman–Crippen LogP) is 3.46. The van der Waals surface area contributed by atoms with E-state index < -0.39 is 0 Å². The molecule has 0 bridgehead atoms. The SMILES string of the molecule is O=C(NCC(Cl)c1ccccc1)c1cccs1. The Balaban J connectivity index is 1.89. The molecule has 0 spiro atoms. The molecule has 0 saturated heterocycles. The van der Waals surface area contributed by atoms with Crippen molar-refractivity contribution in [1.82, 2.24) is 5.32 Å². The summed E-state index contributed by atoms with van der Waals surface area (Å²) in [6, 6.07) is 13.4. The number of halogens is 1. The van der Waals surface area contributed by atoms with Crippen LogP contribution < -0.4 is 5.32 Å². The van der Waals surface area contributed by atoms with Crippen molar-refractivity contribution in [1.29, 1.82) is 0 Å². The van der Waals surface area contributed by atoms with E-state index in [1.165, 1.54) is 11.3 Å². The number of carbonyl (C=O) groups is 1. The van der Waals surface area contributed by atoms with E-state index in [0.717, 1.165) is 5.56 Å². The summed E-state index contributed by atoms with van der Waals surface area (Å²) in [5.41, 5.74) is 1.01. The van der Waals surface area contributed by atoms with Gasteiger partial charge >= 0.3 is 0 Å². The summed E-state index contributed by atoms with van der Waals surface area (Å²) in [5, 5.41) is 4.51. The van der Waals surface area contributed by atoms with Gasteiger partial charge in [-0.3, -0.25) is 4.79 Å². The monoisotopic (exact) mass is 265 g/mol. The van der Waals surface area contributed by atoms with E-state index in [1.54, 1.807) is 6.07 Å². The van der Waals surface area contributed by atoms with Crippen LogP contribution in [0.3, 0.4) is 0 Å². The van der Waals surface area contributed by atoms with E-state index >= 15 is 0 Å². The lowest BCUT2D eigenvalue weighted by Crippen LogP contribution is -2.26. The van der Waals surface area contributed by atoms with Gasteiger partial charge in [0.2, 0.25) is 0 Å². The standard InChI is InChI=1S/C13H12ClNOS/c14-11(10-5-2-1-3-6-10)9-15-13(16)12-7-4-8-17-12/h1-8,11H,9H2,(H,15,16). The molecule has 1 unspecified atom stereocenters. The maximum absolute atomic E-state index is 11.7. The molecule has 0 fully saturated rings. The van der Waals surface area contributed by atoms with E-state index in [1.807, 2.05) is 41.8 Å². The molecule has 1 N–H and O–H groups in total. The highest BCUT2D eigenvalue weighted by Crippen LogP contribution is 2.19. The summed E-state index contributed by atoms with van der Waals surface area (Å²) in [4.78, 5) is 12.4. The summed E-state index contributed by atoms with van der Waals surface area (Å²) in [6.45, 7) is 0.433. The quantitative estimate of drug-likeness (QED) is 0.843. The molecule has 1 amide bonds. The Bertz CT molecular complexity index is 469. The van der Waals surface area contributed by atoms with Crippen molar-refractivity contribution in [3.63, 3.8) is 0 Å². The molecule has 1 aromatic heterocycles. The predicted molar refractivity (Wildman–Crippen MR) is 71.7 cm³/mol. The summed E-state index contributed by atoms with van der Waals surface area (Å²) in [5.74, 6) is -0.0680. The molecule has 2 nitrogen and oxygen atoms in total. The third-order valence-electron chi connectivity index (χ3n) is 2.35. The van der Waals surface area contributed by atoms with Gasteiger partial charge in [-0.2, -0.15) is 0 Å². The Morgan fingerprint density at radius 2 is 2.00 bits per heavy atom. The fourth-order valence-corrected chi connectivity index (χ4v) is 2.32. The molecule has 2 aromatic rings. The Hall–Kier alpha value is -1.32. The van der Waals surface area contributed by atoms with Gasteiger partial charge in [0.25, 0.3) is 5.91 Å².